The Bertz CT molecular complexity index is 746. The molecule has 0 atom stereocenters. The molecule has 0 aliphatic carbocycles. The fraction of sp³-hybridized carbons (Fsp3) is 0.118. The van der Waals surface area contributed by atoms with Crippen LogP contribution in [0.25, 0.3) is 16.9 Å². The summed E-state index contributed by atoms with van der Waals surface area (Å²) in [5, 5.41) is 4.69. The highest BCUT2D eigenvalue weighted by Gasteiger charge is 2.14. The predicted molar refractivity (Wildman–Crippen MR) is 89.9 cm³/mol. The molecule has 0 aliphatic rings. The number of rotatable bonds is 3. The van der Waals surface area contributed by atoms with Gasteiger partial charge in [0.25, 0.3) is 0 Å². The summed E-state index contributed by atoms with van der Waals surface area (Å²) in [6, 6.07) is 18.4. The predicted octanol–water partition coefficient (Wildman–Crippen LogP) is 4.15. The van der Waals surface area contributed by atoms with Crippen molar-refractivity contribution in [3.05, 3.63) is 60.2 Å². The monoisotopic (exact) mass is 295 g/mol. The van der Waals surface area contributed by atoms with Crippen LogP contribution in [0.15, 0.2) is 59.5 Å². The first-order valence-corrected chi connectivity index (χ1v) is 7.98. The van der Waals surface area contributed by atoms with Crippen molar-refractivity contribution in [2.75, 3.05) is 12.0 Å². The van der Waals surface area contributed by atoms with Crippen LogP contribution in [0, 0.1) is 6.92 Å². The number of anilines is 1. The van der Waals surface area contributed by atoms with Crippen LogP contribution >= 0.6 is 11.8 Å². The number of hydrogen-bond donors (Lipinski definition) is 1. The van der Waals surface area contributed by atoms with Gasteiger partial charge < -0.3 is 5.73 Å². The Morgan fingerprint density at radius 3 is 2.29 bits per heavy atom. The van der Waals surface area contributed by atoms with Crippen LogP contribution in [0.4, 0.5) is 5.82 Å². The van der Waals surface area contributed by atoms with Gasteiger partial charge in [-0.3, -0.25) is 0 Å². The molecule has 2 N–H and O–H groups in total. The second-order valence-corrected chi connectivity index (χ2v) is 5.71. The van der Waals surface area contributed by atoms with Gasteiger partial charge in [0.1, 0.15) is 5.82 Å². The van der Waals surface area contributed by atoms with Gasteiger partial charge >= 0.3 is 0 Å². The summed E-state index contributed by atoms with van der Waals surface area (Å²) in [6.45, 7) is 2.01. The second-order valence-electron chi connectivity index (χ2n) is 4.83. The molecule has 106 valence electrons. The summed E-state index contributed by atoms with van der Waals surface area (Å²) in [5.41, 5.74) is 10.2. The maximum atomic E-state index is 6.23. The first-order chi connectivity index (χ1) is 10.2. The summed E-state index contributed by atoms with van der Waals surface area (Å²) >= 11 is 1.73. The third-order valence-electron chi connectivity index (χ3n) is 3.53. The number of nitrogens with two attached hydrogens (primary N) is 1. The molecular formula is C17H17N3S. The average Bonchev–Trinajstić information content (AvgIpc) is 2.84. The van der Waals surface area contributed by atoms with Gasteiger partial charge in [0.15, 0.2) is 0 Å². The molecular weight excluding hydrogens is 278 g/mol. The van der Waals surface area contributed by atoms with E-state index in [1.54, 1.807) is 16.4 Å². The van der Waals surface area contributed by atoms with Crippen molar-refractivity contribution in [3.8, 4) is 16.9 Å². The lowest BCUT2D eigenvalue weighted by Crippen LogP contribution is -2.01. The van der Waals surface area contributed by atoms with Gasteiger partial charge in [0.05, 0.1) is 11.4 Å². The Morgan fingerprint density at radius 2 is 1.67 bits per heavy atom. The molecule has 0 amide bonds. The Labute approximate surface area is 128 Å². The molecule has 0 unspecified atom stereocenters. The molecule has 4 heteroatoms. The van der Waals surface area contributed by atoms with Crippen molar-refractivity contribution in [1.82, 2.24) is 9.78 Å². The largest absolute Gasteiger partial charge is 0.383 e. The number of nitrogen functional groups attached to an aromatic ring is 1. The molecule has 1 heterocycles. The molecule has 3 aromatic rings. The molecule has 21 heavy (non-hydrogen) atoms. The van der Waals surface area contributed by atoms with Crippen LogP contribution in [0.3, 0.4) is 0 Å². The van der Waals surface area contributed by atoms with E-state index in [4.69, 9.17) is 10.8 Å². The molecule has 3 nitrogen and oxygen atoms in total. The van der Waals surface area contributed by atoms with E-state index >= 15 is 0 Å². The lowest BCUT2D eigenvalue weighted by Gasteiger charge is -2.02. The third kappa shape index (κ3) is 2.54. The Kier molecular flexibility index (Phi) is 3.71. The highest BCUT2D eigenvalue weighted by atomic mass is 32.2. The van der Waals surface area contributed by atoms with Crippen LogP contribution in [-0.4, -0.2) is 16.0 Å². The van der Waals surface area contributed by atoms with E-state index < -0.39 is 0 Å². The van der Waals surface area contributed by atoms with Crippen molar-refractivity contribution in [2.24, 2.45) is 0 Å². The maximum absolute atomic E-state index is 6.23. The lowest BCUT2D eigenvalue weighted by atomic mass is 10.1. The Morgan fingerprint density at radius 1 is 1.00 bits per heavy atom. The highest BCUT2D eigenvalue weighted by Crippen LogP contribution is 2.29. The first kappa shape index (κ1) is 13.8. The molecule has 1 aromatic heterocycles. The van der Waals surface area contributed by atoms with Gasteiger partial charge in [0, 0.05) is 16.0 Å². The number of thioether (sulfide) groups is 1. The summed E-state index contributed by atoms with van der Waals surface area (Å²) < 4.78 is 1.80. The summed E-state index contributed by atoms with van der Waals surface area (Å²) in [5.74, 6) is 0.685. The maximum Gasteiger partial charge on any atom is 0.130 e. The molecule has 0 saturated heterocycles. The van der Waals surface area contributed by atoms with Crippen LogP contribution in [0.5, 0.6) is 0 Å². The lowest BCUT2D eigenvalue weighted by molar-refractivity contribution is 0.895. The molecule has 0 bridgehead atoms. The zero-order chi connectivity index (χ0) is 14.8. The van der Waals surface area contributed by atoms with Gasteiger partial charge in [0.2, 0.25) is 0 Å². The van der Waals surface area contributed by atoms with E-state index in [1.807, 2.05) is 37.3 Å². The van der Waals surface area contributed by atoms with Gasteiger partial charge in [-0.2, -0.15) is 5.10 Å². The number of aromatic nitrogens is 2. The Hall–Kier alpha value is -2.20. The zero-order valence-electron chi connectivity index (χ0n) is 12.1. The molecule has 3 rings (SSSR count). The number of nitrogens with zero attached hydrogens (tertiary/aromatic N) is 2. The SMILES string of the molecule is CSc1ccc(-c2nn(-c3ccccc3)c(N)c2C)cc1. The summed E-state index contributed by atoms with van der Waals surface area (Å²) in [4.78, 5) is 1.24. The molecule has 0 saturated carbocycles. The van der Waals surface area contributed by atoms with Crippen LogP contribution < -0.4 is 5.73 Å². The van der Waals surface area contributed by atoms with Crippen molar-refractivity contribution < 1.29 is 0 Å². The zero-order valence-corrected chi connectivity index (χ0v) is 12.9. The number of benzene rings is 2. The van der Waals surface area contributed by atoms with E-state index in [0.29, 0.717) is 5.82 Å². The first-order valence-electron chi connectivity index (χ1n) is 6.75. The smallest absolute Gasteiger partial charge is 0.130 e. The van der Waals surface area contributed by atoms with Crippen LogP contribution in [-0.2, 0) is 0 Å². The fourth-order valence-electron chi connectivity index (χ4n) is 2.30. The molecule has 0 spiro atoms. The normalized spacial score (nSPS) is 10.8. The van der Waals surface area contributed by atoms with Crippen LogP contribution in [0.2, 0.25) is 0 Å². The van der Waals surface area contributed by atoms with Crippen molar-refractivity contribution >= 4 is 17.6 Å². The highest BCUT2D eigenvalue weighted by molar-refractivity contribution is 7.98. The summed E-state index contributed by atoms with van der Waals surface area (Å²) in [7, 11) is 0. The van der Waals surface area contributed by atoms with Crippen molar-refractivity contribution in [1.29, 1.82) is 0 Å². The van der Waals surface area contributed by atoms with E-state index in [2.05, 4.69) is 30.5 Å². The third-order valence-corrected chi connectivity index (χ3v) is 4.28. The minimum absolute atomic E-state index is 0.685. The van der Waals surface area contributed by atoms with E-state index in [-0.39, 0.29) is 0 Å². The summed E-state index contributed by atoms with van der Waals surface area (Å²) in [6.07, 6.45) is 2.07. The molecule has 0 radical (unpaired) electrons. The van der Waals surface area contributed by atoms with Gasteiger partial charge in [-0.05, 0) is 37.4 Å². The minimum atomic E-state index is 0.685. The van der Waals surface area contributed by atoms with Gasteiger partial charge in [-0.15, -0.1) is 11.8 Å². The van der Waals surface area contributed by atoms with Gasteiger partial charge in [-0.25, -0.2) is 4.68 Å². The van der Waals surface area contributed by atoms with Crippen molar-refractivity contribution in [3.63, 3.8) is 0 Å². The number of hydrogen-bond acceptors (Lipinski definition) is 3. The topological polar surface area (TPSA) is 43.8 Å². The molecule has 0 fully saturated rings. The minimum Gasteiger partial charge on any atom is -0.383 e. The fourth-order valence-corrected chi connectivity index (χ4v) is 2.71. The Balaban J connectivity index is 2.08. The standard InChI is InChI=1S/C17H17N3S/c1-12-16(13-8-10-15(21-2)11-9-13)19-20(17(12)18)14-6-4-3-5-7-14/h3-11H,18H2,1-2H3. The molecule has 0 aliphatic heterocycles. The number of para-hydroxylation sites is 1. The second kappa shape index (κ2) is 5.66. The quantitative estimate of drug-likeness (QED) is 0.738. The van der Waals surface area contributed by atoms with Crippen molar-refractivity contribution in [2.45, 2.75) is 11.8 Å². The molecule has 2 aromatic carbocycles. The van der Waals surface area contributed by atoms with Gasteiger partial charge in [-0.1, -0.05) is 30.3 Å². The van der Waals surface area contributed by atoms with E-state index in [1.165, 1.54) is 4.90 Å². The van der Waals surface area contributed by atoms with E-state index in [0.717, 1.165) is 22.5 Å². The average molecular weight is 295 g/mol. The van der Waals surface area contributed by atoms with E-state index in [9.17, 15) is 0 Å². The van der Waals surface area contributed by atoms with Crippen LogP contribution in [0.1, 0.15) is 5.56 Å².